The van der Waals surface area contributed by atoms with Gasteiger partial charge in [0.25, 0.3) is 0 Å². The van der Waals surface area contributed by atoms with E-state index < -0.39 is 37.3 Å². The predicted octanol–water partition coefficient (Wildman–Crippen LogP) is 2.50. The maximum atomic E-state index is 12.5. The maximum absolute atomic E-state index is 12.5. The van der Waals surface area contributed by atoms with Gasteiger partial charge in [-0.2, -0.15) is 0 Å². The van der Waals surface area contributed by atoms with Gasteiger partial charge in [0, 0.05) is 11.1 Å². The molecule has 0 saturated carbocycles. The van der Waals surface area contributed by atoms with Crippen LogP contribution >= 0.6 is 0 Å². The van der Waals surface area contributed by atoms with Crippen LogP contribution in [-0.4, -0.2) is 38.1 Å². The van der Waals surface area contributed by atoms with Crippen LogP contribution in [0.25, 0.3) is 22.6 Å². The van der Waals surface area contributed by atoms with Crippen LogP contribution in [0.4, 0.5) is 0 Å². The van der Waals surface area contributed by atoms with E-state index in [1.165, 1.54) is 18.2 Å². The number of sulfonamides is 2. The van der Waals surface area contributed by atoms with Gasteiger partial charge in [0.1, 0.15) is 5.69 Å². The van der Waals surface area contributed by atoms with Gasteiger partial charge in [-0.15, -0.1) is 0 Å². The van der Waals surface area contributed by atoms with Crippen LogP contribution in [0.3, 0.4) is 0 Å². The molecule has 176 valence electrons. The number of nitrogens with zero attached hydrogens (tertiary/aromatic N) is 1. The minimum absolute atomic E-state index is 0.0447. The summed E-state index contributed by atoms with van der Waals surface area (Å²) in [5.41, 5.74) is 1.04. The SMILES string of the molecule is CCC(NS(=O)(=O)C(C)C(=O)O)c1nc(-c2ccccc2)c(-c2ccccc2S(N)(=O)=O)o1. The number of oxazole rings is 1. The number of carbonyl (C=O) groups is 1. The molecule has 2 atom stereocenters. The second-order valence-corrected chi connectivity index (χ2v) is 10.8. The van der Waals surface area contributed by atoms with E-state index in [1.807, 2.05) is 0 Å². The molecule has 1 aromatic heterocycles. The van der Waals surface area contributed by atoms with E-state index in [0.29, 0.717) is 5.56 Å². The summed E-state index contributed by atoms with van der Waals surface area (Å²) < 4.78 is 57.5. The first kappa shape index (κ1) is 24.6. The molecule has 3 rings (SSSR count). The van der Waals surface area contributed by atoms with Crippen molar-refractivity contribution in [1.29, 1.82) is 0 Å². The Morgan fingerprint density at radius 1 is 1.09 bits per heavy atom. The number of benzene rings is 2. The minimum Gasteiger partial charge on any atom is -0.480 e. The van der Waals surface area contributed by atoms with E-state index in [1.54, 1.807) is 43.3 Å². The summed E-state index contributed by atoms with van der Waals surface area (Å²) in [6.07, 6.45) is 0.191. The smallest absolute Gasteiger partial charge is 0.323 e. The number of hydrogen-bond donors (Lipinski definition) is 3. The number of primary sulfonamides is 1. The summed E-state index contributed by atoms with van der Waals surface area (Å²) in [6.45, 7) is 2.72. The monoisotopic (exact) mass is 493 g/mol. The molecule has 0 fully saturated rings. The molecule has 0 bridgehead atoms. The highest BCUT2D eigenvalue weighted by Gasteiger charge is 2.33. The van der Waals surface area contributed by atoms with Crippen molar-refractivity contribution in [2.45, 2.75) is 36.5 Å². The fourth-order valence-corrected chi connectivity index (χ4v) is 4.97. The zero-order valence-corrected chi connectivity index (χ0v) is 19.4. The van der Waals surface area contributed by atoms with Gasteiger partial charge in [-0.3, -0.25) is 4.79 Å². The third-order valence-electron chi connectivity index (χ3n) is 4.96. The van der Waals surface area contributed by atoms with Crippen molar-refractivity contribution in [2.75, 3.05) is 0 Å². The molecule has 2 unspecified atom stereocenters. The number of carboxylic acids is 1. The van der Waals surface area contributed by atoms with Crippen molar-refractivity contribution < 1.29 is 31.2 Å². The minimum atomic E-state index is -4.25. The van der Waals surface area contributed by atoms with Crippen molar-refractivity contribution in [3.8, 4) is 22.6 Å². The largest absolute Gasteiger partial charge is 0.480 e. The molecule has 2 aromatic carbocycles. The normalized spacial score (nSPS) is 14.0. The van der Waals surface area contributed by atoms with Gasteiger partial charge in [0.2, 0.25) is 25.9 Å². The van der Waals surface area contributed by atoms with Crippen LogP contribution in [0.2, 0.25) is 0 Å². The summed E-state index contributed by atoms with van der Waals surface area (Å²) in [6, 6.07) is 13.7. The molecule has 12 heteroatoms. The predicted molar refractivity (Wildman–Crippen MR) is 121 cm³/mol. The van der Waals surface area contributed by atoms with Crippen LogP contribution in [-0.2, 0) is 24.8 Å². The first-order chi connectivity index (χ1) is 15.5. The average Bonchev–Trinajstić information content (AvgIpc) is 3.22. The van der Waals surface area contributed by atoms with E-state index in [4.69, 9.17) is 14.7 Å². The molecule has 4 N–H and O–H groups in total. The quantitative estimate of drug-likeness (QED) is 0.408. The molecule has 0 spiro atoms. The Bertz CT molecular complexity index is 1370. The summed E-state index contributed by atoms with van der Waals surface area (Å²) in [5, 5.41) is 12.8. The molecule has 10 nitrogen and oxygen atoms in total. The third kappa shape index (κ3) is 5.30. The zero-order valence-electron chi connectivity index (χ0n) is 17.8. The fraction of sp³-hybridized carbons (Fsp3) is 0.238. The average molecular weight is 494 g/mol. The van der Waals surface area contributed by atoms with E-state index in [2.05, 4.69) is 9.71 Å². The van der Waals surface area contributed by atoms with Crippen LogP contribution < -0.4 is 9.86 Å². The van der Waals surface area contributed by atoms with Gasteiger partial charge in [0.05, 0.1) is 10.9 Å². The van der Waals surface area contributed by atoms with Gasteiger partial charge >= 0.3 is 5.97 Å². The van der Waals surface area contributed by atoms with Crippen molar-refractivity contribution in [2.24, 2.45) is 5.14 Å². The second-order valence-electron chi connectivity index (χ2n) is 7.24. The summed E-state index contributed by atoms with van der Waals surface area (Å²) in [7, 11) is -8.36. The number of hydrogen-bond acceptors (Lipinski definition) is 7. The molecule has 0 amide bonds. The highest BCUT2D eigenvalue weighted by molar-refractivity contribution is 7.90. The Labute approximate surface area is 191 Å². The lowest BCUT2D eigenvalue weighted by atomic mass is 10.1. The van der Waals surface area contributed by atoms with Crippen molar-refractivity contribution in [3.05, 3.63) is 60.5 Å². The van der Waals surface area contributed by atoms with Gasteiger partial charge in [-0.25, -0.2) is 31.7 Å². The number of nitrogens with one attached hydrogen (secondary N) is 1. The number of aliphatic carboxylic acids is 1. The maximum Gasteiger partial charge on any atom is 0.323 e. The Hall–Kier alpha value is -3.06. The molecule has 3 aromatic rings. The molecular weight excluding hydrogens is 470 g/mol. The zero-order chi connectivity index (χ0) is 24.4. The molecule has 0 aliphatic carbocycles. The van der Waals surface area contributed by atoms with Crippen LogP contribution in [0.15, 0.2) is 63.9 Å². The van der Waals surface area contributed by atoms with E-state index in [9.17, 15) is 21.6 Å². The van der Waals surface area contributed by atoms with Crippen molar-refractivity contribution in [3.63, 3.8) is 0 Å². The Kier molecular flexibility index (Phi) is 7.03. The van der Waals surface area contributed by atoms with Gasteiger partial charge in [0.15, 0.2) is 11.0 Å². The van der Waals surface area contributed by atoms with Crippen LogP contribution in [0.5, 0.6) is 0 Å². The summed E-state index contributed by atoms with van der Waals surface area (Å²) in [4.78, 5) is 15.5. The van der Waals surface area contributed by atoms with E-state index in [0.717, 1.165) is 6.92 Å². The highest BCUT2D eigenvalue weighted by atomic mass is 32.2. The standard InChI is InChI=1S/C21H23N3O7S2/c1-3-16(24-33(29,30)13(2)21(25)26)20-23-18(14-9-5-4-6-10-14)19(31-20)15-11-7-8-12-17(15)32(22,27)28/h4-13,16,24H,3H2,1-2H3,(H,25,26)(H2,22,27,28). The van der Waals surface area contributed by atoms with Crippen LogP contribution in [0, 0.1) is 0 Å². The first-order valence-corrected chi connectivity index (χ1v) is 13.0. The topological polar surface area (TPSA) is 170 Å². The van der Waals surface area contributed by atoms with Gasteiger partial charge in [-0.05, 0) is 25.5 Å². The van der Waals surface area contributed by atoms with Crippen LogP contribution in [0.1, 0.15) is 32.2 Å². The van der Waals surface area contributed by atoms with Crippen molar-refractivity contribution in [1.82, 2.24) is 9.71 Å². The van der Waals surface area contributed by atoms with E-state index >= 15 is 0 Å². The molecule has 33 heavy (non-hydrogen) atoms. The van der Waals surface area contributed by atoms with Crippen molar-refractivity contribution >= 4 is 26.0 Å². The lowest BCUT2D eigenvalue weighted by Crippen LogP contribution is -2.39. The molecule has 0 saturated heterocycles. The van der Waals surface area contributed by atoms with E-state index in [-0.39, 0.29) is 34.2 Å². The molecule has 0 aliphatic rings. The number of rotatable bonds is 9. The Morgan fingerprint density at radius 2 is 1.70 bits per heavy atom. The number of nitrogens with two attached hydrogens (primary N) is 1. The number of aromatic nitrogens is 1. The highest BCUT2D eigenvalue weighted by Crippen LogP contribution is 2.37. The molecule has 0 radical (unpaired) electrons. The fourth-order valence-electron chi connectivity index (χ4n) is 3.10. The van der Waals surface area contributed by atoms with Gasteiger partial charge < -0.3 is 9.52 Å². The molecule has 0 aliphatic heterocycles. The lowest BCUT2D eigenvalue weighted by Gasteiger charge is -2.16. The summed E-state index contributed by atoms with van der Waals surface area (Å²) >= 11 is 0. The third-order valence-corrected chi connectivity index (χ3v) is 7.67. The lowest BCUT2D eigenvalue weighted by molar-refractivity contribution is -0.136. The first-order valence-electron chi connectivity index (χ1n) is 9.88. The Morgan fingerprint density at radius 3 is 2.27 bits per heavy atom. The molecule has 1 heterocycles. The molecular formula is C21H23N3O7S2. The van der Waals surface area contributed by atoms with Gasteiger partial charge in [-0.1, -0.05) is 49.4 Å². The Balaban J connectivity index is 2.19. The number of carboxylic acid groups (broad SMARTS) is 1. The second kappa shape index (κ2) is 9.43. The summed E-state index contributed by atoms with van der Waals surface area (Å²) in [5.74, 6) is -1.46.